The van der Waals surface area contributed by atoms with Gasteiger partial charge in [-0.2, -0.15) is 13.2 Å². The van der Waals surface area contributed by atoms with Gasteiger partial charge < -0.3 is 5.11 Å². The molecule has 1 aromatic heterocycles. The quantitative estimate of drug-likeness (QED) is 0.850. The van der Waals surface area contributed by atoms with Crippen molar-refractivity contribution in [3.8, 4) is 0 Å². The summed E-state index contributed by atoms with van der Waals surface area (Å²) in [7, 11) is 0. The minimum absolute atomic E-state index is 0.0213. The van der Waals surface area contributed by atoms with E-state index in [0.29, 0.717) is 0 Å². The molecule has 1 aromatic rings. The van der Waals surface area contributed by atoms with Crippen molar-refractivity contribution in [1.82, 2.24) is 4.98 Å². The molecule has 86 valence electrons. The Morgan fingerprint density at radius 1 is 1.38 bits per heavy atom. The summed E-state index contributed by atoms with van der Waals surface area (Å²) in [6.07, 6.45) is -4.41. The molecule has 0 saturated heterocycles. The first-order valence-corrected chi connectivity index (χ1v) is 4.64. The Morgan fingerprint density at radius 3 is 2.44 bits per heavy atom. The van der Waals surface area contributed by atoms with Gasteiger partial charge in [0, 0.05) is 0 Å². The largest absolute Gasteiger partial charge is 0.477 e. The molecule has 0 atom stereocenters. The third kappa shape index (κ3) is 1.54. The number of halogens is 3. The molecule has 0 radical (unpaired) electrons. The first-order chi connectivity index (χ1) is 7.37. The van der Waals surface area contributed by atoms with E-state index in [2.05, 4.69) is 4.98 Å². The number of carboxylic acid groups (broad SMARTS) is 1. The monoisotopic (exact) mass is 231 g/mol. The number of carboxylic acids is 1. The van der Waals surface area contributed by atoms with Crippen molar-refractivity contribution >= 4 is 5.97 Å². The van der Waals surface area contributed by atoms with Gasteiger partial charge in [0.25, 0.3) is 0 Å². The molecule has 0 amide bonds. The molecule has 3 nitrogen and oxygen atoms in total. The van der Waals surface area contributed by atoms with E-state index in [1.54, 1.807) is 0 Å². The van der Waals surface area contributed by atoms with E-state index in [4.69, 9.17) is 5.11 Å². The van der Waals surface area contributed by atoms with Crippen molar-refractivity contribution in [2.75, 3.05) is 0 Å². The molecule has 6 heteroatoms. The van der Waals surface area contributed by atoms with Crippen LogP contribution in [0.1, 0.15) is 29.0 Å². The molecule has 0 aliphatic heterocycles. The lowest BCUT2D eigenvalue weighted by Gasteiger charge is -2.18. The SMILES string of the molecule is O=C(O)c1cccc(C2(C(F)(F)F)CC2)n1. The van der Waals surface area contributed by atoms with Gasteiger partial charge >= 0.3 is 12.1 Å². The molecule has 0 bridgehead atoms. The molecular weight excluding hydrogens is 223 g/mol. The van der Waals surface area contributed by atoms with Crippen molar-refractivity contribution in [1.29, 1.82) is 0 Å². The van der Waals surface area contributed by atoms with Crippen LogP contribution in [-0.2, 0) is 5.41 Å². The Bertz CT molecular complexity index is 438. The van der Waals surface area contributed by atoms with Crippen molar-refractivity contribution in [3.05, 3.63) is 29.6 Å². The maximum absolute atomic E-state index is 12.7. The number of rotatable bonds is 2. The highest BCUT2D eigenvalue weighted by Gasteiger charge is 2.65. The molecule has 1 heterocycles. The van der Waals surface area contributed by atoms with Crippen LogP contribution in [0.3, 0.4) is 0 Å². The highest BCUT2D eigenvalue weighted by Crippen LogP contribution is 2.58. The Balaban J connectivity index is 2.42. The van der Waals surface area contributed by atoms with Crippen LogP contribution in [0.4, 0.5) is 13.2 Å². The molecule has 16 heavy (non-hydrogen) atoms. The summed E-state index contributed by atoms with van der Waals surface area (Å²) in [4.78, 5) is 14.2. The average molecular weight is 231 g/mol. The summed E-state index contributed by atoms with van der Waals surface area (Å²) in [5.74, 6) is -1.32. The Hall–Kier alpha value is -1.59. The zero-order chi connectivity index (χ0) is 12.0. The fourth-order valence-corrected chi connectivity index (χ4v) is 1.63. The lowest BCUT2D eigenvalue weighted by Crippen LogP contribution is -2.30. The molecule has 1 fully saturated rings. The lowest BCUT2D eigenvalue weighted by molar-refractivity contribution is -0.161. The average Bonchev–Trinajstić information content (AvgIpc) is 2.97. The van der Waals surface area contributed by atoms with E-state index in [9.17, 15) is 18.0 Å². The van der Waals surface area contributed by atoms with E-state index >= 15 is 0 Å². The maximum atomic E-state index is 12.7. The van der Waals surface area contributed by atoms with Crippen LogP contribution in [0.2, 0.25) is 0 Å². The number of hydrogen-bond acceptors (Lipinski definition) is 2. The molecule has 0 aromatic carbocycles. The van der Waals surface area contributed by atoms with Gasteiger partial charge in [0.05, 0.1) is 5.69 Å². The number of carbonyl (C=O) groups is 1. The van der Waals surface area contributed by atoms with Crippen LogP contribution in [0.25, 0.3) is 0 Å². The molecular formula is C10H8F3NO2. The van der Waals surface area contributed by atoms with Gasteiger partial charge in [0.15, 0.2) is 0 Å². The van der Waals surface area contributed by atoms with Crippen molar-refractivity contribution in [2.45, 2.75) is 24.4 Å². The molecule has 1 aliphatic rings. The van der Waals surface area contributed by atoms with E-state index in [-0.39, 0.29) is 24.2 Å². The predicted molar refractivity (Wildman–Crippen MR) is 48.2 cm³/mol. The summed E-state index contributed by atoms with van der Waals surface area (Å²) in [6, 6.07) is 3.70. The second-order valence-corrected chi connectivity index (χ2v) is 3.79. The van der Waals surface area contributed by atoms with Crippen LogP contribution in [-0.4, -0.2) is 22.2 Å². The Labute approximate surface area is 88.9 Å². The van der Waals surface area contributed by atoms with Crippen molar-refractivity contribution in [3.63, 3.8) is 0 Å². The molecule has 0 unspecified atom stereocenters. The van der Waals surface area contributed by atoms with Gasteiger partial charge in [-0.25, -0.2) is 9.78 Å². The number of nitrogens with zero attached hydrogens (tertiary/aromatic N) is 1. The molecule has 1 aliphatic carbocycles. The third-order valence-electron chi connectivity index (χ3n) is 2.75. The van der Waals surface area contributed by atoms with Gasteiger partial charge in [-0.15, -0.1) is 0 Å². The summed E-state index contributed by atoms with van der Waals surface area (Å²) < 4.78 is 38.2. The Kier molecular flexibility index (Phi) is 2.18. The maximum Gasteiger partial charge on any atom is 0.399 e. The number of alkyl halides is 3. The van der Waals surface area contributed by atoms with E-state index in [1.165, 1.54) is 18.2 Å². The first kappa shape index (κ1) is 10.9. The second-order valence-electron chi connectivity index (χ2n) is 3.79. The molecule has 2 rings (SSSR count). The standard InChI is InChI=1S/C10H8F3NO2/c11-10(12,13)9(4-5-9)7-3-1-2-6(14-7)8(15)16/h1-3H,4-5H2,(H,15,16). The van der Waals surface area contributed by atoms with Gasteiger partial charge in [-0.05, 0) is 25.0 Å². The summed E-state index contributed by atoms with van der Waals surface area (Å²) in [6.45, 7) is 0. The first-order valence-electron chi connectivity index (χ1n) is 4.64. The number of aromatic nitrogens is 1. The predicted octanol–water partition coefficient (Wildman–Crippen LogP) is 2.37. The van der Waals surface area contributed by atoms with E-state index in [0.717, 1.165) is 0 Å². The van der Waals surface area contributed by atoms with Crippen LogP contribution < -0.4 is 0 Å². The molecule has 0 spiro atoms. The van der Waals surface area contributed by atoms with Crippen LogP contribution >= 0.6 is 0 Å². The number of pyridine rings is 1. The van der Waals surface area contributed by atoms with Crippen molar-refractivity contribution < 1.29 is 23.1 Å². The Morgan fingerprint density at radius 2 is 2.00 bits per heavy atom. The number of aromatic carboxylic acids is 1. The van der Waals surface area contributed by atoms with E-state index in [1.807, 2.05) is 0 Å². The summed E-state index contributed by atoms with van der Waals surface area (Å²) in [5.41, 5.74) is -2.47. The highest BCUT2D eigenvalue weighted by atomic mass is 19.4. The smallest absolute Gasteiger partial charge is 0.399 e. The third-order valence-corrected chi connectivity index (χ3v) is 2.75. The fraction of sp³-hybridized carbons (Fsp3) is 0.400. The van der Waals surface area contributed by atoms with Gasteiger partial charge in [-0.3, -0.25) is 0 Å². The summed E-state index contributed by atoms with van der Waals surface area (Å²) in [5, 5.41) is 8.65. The van der Waals surface area contributed by atoms with E-state index < -0.39 is 17.6 Å². The topological polar surface area (TPSA) is 50.2 Å². The molecule has 1 saturated carbocycles. The van der Waals surface area contributed by atoms with Crippen LogP contribution in [0, 0.1) is 0 Å². The second kappa shape index (κ2) is 3.20. The van der Waals surface area contributed by atoms with Crippen molar-refractivity contribution in [2.24, 2.45) is 0 Å². The lowest BCUT2D eigenvalue weighted by atomic mass is 10.0. The zero-order valence-electron chi connectivity index (χ0n) is 8.08. The zero-order valence-corrected chi connectivity index (χ0v) is 8.08. The normalized spacial score (nSPS) is 18.2. The minimum Gasteiger partial charge on any atom is -0.477 e. The molecule has 1 N–H and O–H groups in total. The van der Waals surface area contributed by atoms with Gasteiger partial charge in [0.2, 0.25) is 0 Å². The summed E-state index contributed by atoms with van der Waals surface area (Å²) >= 11 is 0. The van der Waals surface area contributed by atoms with Gasteiger partial charge in [0.1, 0.15) is 11.1 Å². The fourth-order valence-electron chi connectivity index (χ4n) is 1.63. The van der Waals surface area contributed by atoms with Crippen LogP contribution in [0.5, 0.6) is 0 Å². The highest BCUT2D eigenvalue weighted by molar-refractivity contribution is 5.85. The van der Waals surface area contributed by atoms with Crippen LogP contribution in [0.15, 0.2) is 18.2 Å². The number of hydrogen-bond donors (Lipinski definition) is 1. The van der Waals surface area contributed by atoms with Gasteiger partial charge in [-0.1, -0.05) is 6.07 Å². The minimum atomic E-state index is -4.36.